The molecule has 2 aromatic carbocycles. The van der Waals surface area contributed by atoms with E-state index in [1.807, 2.05) is 25.1 Å². The summed E-state index contributed by atoms with van der Waals surface area (Å²) in [7, 11) is 1.58. The molecule has 0 spiro atoms. The fourth-order valence-electron chi connectivity index (χ4n) is 3.54. The molecule has 29 heavy (non-hydrogen) atoms. The van der Waals surface area contributed by atoms with E-state index in [-0.39, 0.29) is 5.56 Å². The number of hydrogen-bond donors (Lipinski definition) is 2. The summed E-state index contributed by atoms with van der Waals surface area (Å²) < 4.78 is 5.18. The lowest BCUT2D eigenvalue weighted by Crippen LogP contribution is -2.38. The minimum atomic E-state index is -0.473. The molecular formula is C23H20N4O2. The highest BCUT2D eigenvalue weighted by atomic mass is 16.5. The number of ether oxygens (including phenoxy) is 1. The minimum Gasteiger partial charge on any atom is -0.497 e. The number of nitrogens with one attached hydrogen (secondary N) is 2. The molecule has 1 aromatic heterocycles. The van der Waals surface area contributed by atoms with E-state index in [0.29, 0.717) is 23.0 Å². The van der Waals surface area contributed by atoms with Crippen LogP contribution >= 0.6 is 0 Å². The van der Waals surface area contributed by atoms with Gasteiger partial charge in [-0.2, -0.15) is 5.26 Å². The molecule has 1 heterocycles. The molecule has 0 fully saturated rings. The van der Waals surface area contributed by atoms with Crippen molar-refractivity contribution < 1.29 is 4.74 Å². The summed E-state index contributed by atoms with van der Waals surface area (Å²) in [6, 6.07) is 17.3. The number of methoxy groups -OCH3 is 1. The molecular weight excluding hydrogens is 364 g/mol. The highest BCUT2D eigenvalue weighted by Crippen LogP contribution is 2.29. The van der Waals surface area contributed by atoms with E-state index in [2.05, 4.69) is 39.6 Å². The van der Waals surface area contributed by atoms with Crippen LogP contribution in [-0.4, -0.2) is 22.6 Å². The topological polar surface area (TPSA) is 90.8 Å². The third kappa shape index (κ3) is 3.63. The lowest BCUT2D eigenvalue weighted by Gasteiger charge is -2.31. The first kappa shape index (κ1) is 18.5. The van der Waals surface area contributed by atoms with Crippen LogP contribution in [0, 0.1) is 11.3 Å². The molecule has 144 valence electrons. The van der Waals surface area contributed by atoms with E-state index >= 15 is 0 Å². The van der Waals surface area contributed by atoms with Gasteiger partial charge in [0.2, 0.25) is 5.95 Å². The lowest BCUT2D eigenvalue weighted by molar-refractivity contribution is 0.415. The Balaban J connectivity index is 1.71. The van der Waals surface area contributed by atoms with E-state index in [0.717, 1.165) is 6.42 Å². The number of hydrogen-bond acceptors (Lipinski definition) is 5. The van der Waals surface area contributed by atoms with Crippen molar-refractivity contribution in [2.24, 2.45) is 0 Å². The zero-order chi connectivity index (χ0) is 20.4. The van der Waals surface area contributed by atoms with Crippen molar-refractivity contribution >= 4 is 12.0 Å². The van der Waals surface area contributed by atoms with Gasteiger partial charge in [-0.05, 0) is 48.7 Å². The van der Waals surface area contributed by atoms with Crippen LogP contribution in [0.1, 0.15) is 23.6 Å². The van der Waals surface area contributed by atoms with Crippen molar-refractivity contribution in [3.05, 3.63) is 81.7 Å². The van der Waals surface area contributed by atoms with E-state index in [1.54, 1.807) is 31.4 Å². The Kier molecular flexibility index (Phi) is 4.65. The van der Waals surface area contributed by atoms with Crippen LogP contribution in [0.4, 0.5) is 5.95 Å². The van der Waals surface area contributed by atoms with Gasteiger partial charge in [-0.1, -0.05) is 36.4 Å². The Bertz CT molecular complexity index is 1190. The number of benzene rings is 2. The third-order valence-corrected chi connectivity index (χ3v) is 5.04. The van der Waals surface area contributed by atoms with Gasteiger partial charge in [0.1, 0.15) is 17.4 Å². The average molecular weight is 384 g/mol. The summed E-state index contributed by atoms with van der Waals surface area (Å²) in [5.41, 5.74) is 2.50. The maximum atomic E-state index is 12.5. The Hall–Kier alpha value is -3.85. The van der Waals surface area contributed by atoms with E-state index in [1.165, 1.54) is 11.1 Å². The highest BCUT2D eigenvalue weighted by molar-refractivity contribution is 5.68. The molecule has 0 saturated carbocycles. The van der Waals surface area contributed by atoms with Crippen molar-refractivity contribution in [3.63, 3.8) is 0 Å². The molecule has 0 aliphatic heterocycles. The fourth-order valence-corrected chi connectivity index (χ4v) is 3.54. The largest absolute Gasteiger partial charge is 0.497 e. The Morgan fingerprint density at radius 2 is 1.97 bits per heavy atom. The predicted octanol–water partition coefficient (Wildman–Crippen LogP) is 3.76. The van der Waals surface area contributed by atoms with Crippen LogP contribution < -0.4 is 15.6 Å². The molecule has 1 aliphatic carbocycles. The molecule has 0 radical (unpaired) electrons. The number of aromatic amines is 1. The zero-order valence-electron chi connectivity index (χ0n) is 16.2. The van der Waals surface area contributed by atoms with Gasteiger partial charge >= 0.3 is 0 Å². The number of rotatable bonds is 4. The molecule has 6 heteroatoms. The Morgan fingerprint density at radius 3 is 2.69 bits per heavy atom. The molecule has 0 saturated heterocycles. The fraction of sp³-hybridized carbons (Fsp3) is 0.174. The minimum absolute atomic E-state index is 0.0181. The first-order chi connectivity index (χ1) is 14.0. The average Bonchev–Trinajstić information content (AvgIpc) is 2.73. The van der Waals surface area contributed by atoms with Gasteiger partial charge in [0.05, 0.1) is 18.3 Å². The van der Waals surface area contributed by atoms with Gasteiger partial charge in [-0.3, -0.25) is 9.78 Å². The van der Waals surface area contributed by atoms with Crippen molar-refractivity contribution in [1.82, 2.24) is 9.97 Å². The summed E-state index contributed by atoms with van der Waals surface area (Å²) in [6.07, 6.45) is 4.89. The maximum absolute atomic E-state index is 12.5. The number of nitrogens with zero attached hydrogens (tertiary/aromatic N) is 2. The van der Waals surface area contributed by atoms with Crippen molar-refractivity contribution in [2.45, 2.75) is 18.9 Å². The first-order valence-electron chi connectivity index (χ1n) is 9.25. The van der Waals surface area contributed by atoms with Crippen LogP contribution in [0.25, 0.3) is 17.3 Å². The van der Waals surface area contributed by atoms with Crippen LogP contribution in [0.3, 0.4) is 0 Å². The zero-order valence-corrected chi connectivity index (χ0v) is 16.2. The normalized spacial score (nSPS) is 17.3. The molecule has 4 rings (SSSR count). The number of H-pyrrole nitrogens is 1. The van der Waals surface area contributed by atoms with Crippen LogP contribution in [0.15, 0.2) is 59.4 Å². The summed E-state index contributed by atoms with van der Waals surface area (Å²) in [4.78, 5) is 19.8. The molecule has 0 amide bonds. The van der Waals surface area contributed by atoms with E-state index in [9.17, 15) is 10.1 Å². The van der Waals surface area contributed by atoms with Crippen molar-refractivity contribution in [1.29, 1.82) is 5.26 Å². The third-order valence-electron chi connectivity index (χ3n) is 5.04. The molecule has 6 nitrogen and oxygen atoms in total. The number of anilines is 1. The van der Waals surface area contributed by atoms with E-state index < -0.39 is 11.1 Å². The Labute approximate surface area is 168 Å². The standard InChI is InChI=1S/C23H20N4O2/c1-23(12-11-15-5-3-4-6-17(15)13-23)27-22-25-20(19(14-24)21(28)26-22)16-7-9-18(29-2)10-8-16/h3-12H,13H2,1-2H3,(H2,25,26,27,28). The van der Waals surface area contributed by atoms with Crippen LogP contribution in [-0.2, 0) is 6.42 Å². The molecule has 2 N–H and O–H groups in total. The van der Waals surface area contributed by atoms with Gasteiger partial charge in [0.15, 0.2) is 0 Å². The second-order valence-electron chi connectivity index (χ2n) is 7.23. The van der Waals surface area contributed by atoms with E-state index in [4.69, 9.17) is 4.74 Å². The first-order valence-corrected chi connectivity index (χ1v) is 9.25. The Morgan fingerprint density at radius 1 is 1.21 bits per heavy atom. The molecule has 1 aliphatic rings. The summed E-state index contributed by atoms with van der Waals surface area (Å²) in [5.74, 6) is 1.01. The summed E-state index contributed by atoms with van der Waals surface area (Å²) in [5, 5.41) is 12.8. The number of fused-ring (bicyclic) bond motifs is 1. The monoisotopic (exact) mass is 384 g/mol. The molecule has 3 aromatic rings. The van der Waals surface area contributed by atoms with Crippen LogP contribution in [0.2, 0.25) is 0 Å². The van der Waals surface area contributed by atoms with Gasteiger partial charge in [0.25, 0.3) is 5.56 Å². The smallest absolute Gasteiger partial charge is 0.270 e. The van der Waals surface area contributed by atoms with Gasteiger partial charge in [0, 0.05) is 5.56 Å². The second kappa shape index (κ2) is 7.28. The molecule has 1 atom stereocenters. The predicted molar refractivity (Wildman–Crippen MR) is 113 cm³/mol. The summed E-state index contributed by atoms with van der Waals surface area (Å²) >= 11 is 0. The number of aromatic nitrogens is 2. The maximum Gasteiger partial charge on any atom is 0.270 e. The molecule has 0 bridgehead atoms. The SMILES string of the molecule is COc1ccc(-c2nc(NC3(C)C=Cc4ccccc4C3)[nH]c(=O)c2C#N)cc1. The number of nitriles is 1. The van der Waals surface area contributed by atoms with Crippen molar-refractivity contribution in [3.8, 4) is 23.1 Å². The van der Waals surface area contributed by atoms with Crippen LogP contribution in [0.5, 0.6) is 5.75 Å². The highest BCUT2D eigenvalue weighted by Gasteiger charge is 2.27. The van der Waals surface area contributed by atoms with Crippen molar-refractivity contribution in [2.75, 3.05) is 12.4 Å². The van der Waals surface area contributed by atoms with Gasteiger partial charge < -0.3 is 10.1 Å². The summed E-state index contributed by atoms with van der Waals surface area (Å²) in [6.45, 7) is 2.05. The quantitative estimate of drug-likeness (QED) is 0.715. The molecule has 1 unspecified atom stereocenters. The lowest BCUT2D eigenvalue weighted by atomic mass is 9.85. The second-order valence-corrected chi connectivity index (χ2v) is 7.23. The van der Waals surface area contributed by atoms with Gasteiger partial charge in [-0.25, -0.2) is 4.98 Å². The van der Waals surface area contributed by atoms with Gasteiger partial charge in [-0.15, -0.1) is 0 Å².